The molecule has 0 aromatic heterocycles. The number of hydrogen-bond donors (Lipinski definition) is 0. The van der Waals surface area contributed by atoms with Crippen molar-refractivity contribution in [2.24, 2.45) is 17.8 Å². The highest BCUT2D eigenvalue weighted by Crippen LogP contribution is 2.20. The summed E-state index contributed by atoms with van der Waals surface area (Å²) in [4.78, 5) is 0. The van der Waals surface area contributed by atoms with Crippen LogP contribution in [0.3, 0.4) is 0 Å². The van der Waals surface area contributed by atoms with Crippen molar-refractivity contribution < 1.29 is 0 Å². The minimum absolute atomic E-state index is 0.407. The van der Waals surface area contributed by atoms with Crippen molar-refractivity contribution in [3.63, 3.8) is 0 Å². The first-order valence-corrected chi connectivity index (χ1v) is 8.36. The summed E-state index contributed by atoms with van der Waals surface area (Å²) in [5, 5.41) is 0. The zero-order chi connectivity index (χ0) is 10.4. The van der Waals surface area contributed by atoms with E-state index in [0.29, 0.717) is 0 Å². The van der Waals surface area contributed by atoms with E-state index in [2.05, 4.69) is 41.5 Å². The second-order valence-electron chi connectivity index (χ2n) is 5.75. The fourth-order valence-corrected chi connectivity index (χ4v) is 6.87. The quantitative estimate of drug-likeness (QED) is 0.564. The highest BCUT2D eigenvalue weighted by molar-refractivity contribution is 6.58. The SMILES string of the molecule is CC(C)C[SiH](CC(C)C)CC(C)C. The molecule has 0 heterocycles. The van der Waals surface area contributed by atoms with Crippen LogP contribution in [0.25, 0.3) is 0 Å². The maximum Gasteiger partial charge on any atom is 0.0375 e. The molecule has 0 nitrogen and oxygen atoms in total. The molecule has 13 heavy (non-hydrogen) atoms. The molecule has 0 aliphatic rings. The van der Waals surface area contributed by atoms with E-state index in [1.165, 1.54) is 0 Å². The minimum atomic E-state index is -0.407. The Hall–Kier alpha value is 0.217. The summed E-state index contributed by atoms with van der Waals surface area (Å²) >= 11 is 0. The van der Waals surface area contributed by atoms with Crippen molar-refractivity contribution in [3.05, 3.63) is 0 Å². The summed E-state index contributed by atoms with van der Waals surface area (Å²) in [5.74, 6) is 2.78. The zero-order valence-electron chi connectivity index (χ0n) is 10.4. The van der Waals surface area contributed by atoms with Gasteiger partial charge >= 0.3 is 0 Å². The van der Waals surface area contributed by atoms with Crippen molar-refractivity contribution in [1.29, 1.82) is 0 Å². The molecule has 0 N–H and O–H groups in total. The van der Waals surface area contributed by atoms with Gasteiger partial charge in [-0.1, -0.05) is 59.7 Å². The molecular formula is C12H28Si. The molecule has 80 valence electrons. The molecule has 0 radical (unpaired) electrons. The van der Waals surface area contributed by atoms with Gasteiger partial charge in [0.1, 0.15) is 0 Å². The van der Waals surface area contributed by atoms with Crippen LogP contribution in [0.5, 0.6) is 0 Å². The lowest BCUT2D eigenvalue weighted by molar-refractivity contribution is 0.659. The normalized spacial score (nSPS) is 12.5. The maximum atomic E-state index is 2.38. The highest BCUT2D eigenvalue weighted by Gasteiger charge is 2.15. The van der Waals surface area contributed by atoms with Gasteiger partial charge in [-0.05, 0) is 17.8 Å². The first-order chi connectivity index (χ1) is 5.91. The summed E-state index contributed by atoms with van der Waals surface area (Å²) < 4.78 is 0. The third-order valence-corrected chi connectivity index (χ3v) is 7.24. The fraction of sp³-hybridized carbons (Fsp3) is 1.00. The van der Waals surface area contributed by atoms with E-state index in [1.54, 1.807) is 18.1 Å². The lowest BCUT2D eigenvalue weighted by atomic mass is 10.3. The van der Waals surface area contributed by atoms with E-state index in [4.69, 9.17) is 0 Å². The van der Waals surface area contributed by atoms with Crippen LogP contribution in [-0.4, -0.2) is 8.80 Å². The predicted molar refractivity (Wildman–Crippen MR) is 66.1 cm³/mol. The molecule has 0 aliphatic carbocycles. The maximum absolute atomic E-state index is 2.38. The Morgan fingerprint density at radius 2 is 0.846 bits per heavy atom. The molecule has 0 rings (SSSR count). The van der Waals surface area contributed by atoms with Gasteiger partial charge in [-0.3, -0.25) is 0 Å². The largest absolute Gasteiger partial charge is 0.0631 e. The standard InChI is InChI=1S/C12H28Si/c1-10(2)7-13(8-11(3)4)9-12(5)6/h10-13H,7-9H2,1-6H3. The first-order valence-electron chi connectivity index (χ1n) is 5.91. The number of rotatable bonds is 6. The second-order valence-corrected chi connectivity index (χ2v) is 8.90. The predicted octanol–water partition coefficient (Wildman–Crippen LogP) is 4.18. The fourth-order valence-electron chi connectivity index (χ4n) is 2.29. The van der Waals surface area contributed by atoms with Crippen LogP contribution < -0.4 is 0 Å². The Balaban J connectivity index is 3.87. The third-order valence-electron chi connectivity index (χ3n) is 2.41. The Morgan fingerprint density at radius 3 is 1.00 bits per heavy atom. The molecule has 0 saturated heterocycles. The van der Waals surface area contributed by atoms with E-state index in [1.807, 2.05) is 0 Å². The molecule has 0 aromatic carbocycles. The van der Waals surface area contributed by atoms with E-state index in [0.717, 1.165) is 17.8 Å². The first kappa shape index (κ1) is 13.2. The van der Waals surface area contributed by atoms with E-state index >= 15 is 0 Å². The molecule has 0 saturated carbocycles. The van der Waals surface area contributed by atoms with Gasteiger partial charge in [0.15, 0.2) is 0 Å². The van der Waals surface area contributed by atoms with Crippen LogP contribution in [0.1, 0.15) is 41.5 Å². The van der Waals surface area contributed by atoms with Crippen LogP contribution in [0.2, 0.25) is 18.1 Å². The summed E-state index contributed by atoms with van der Waals surface area (Å²) in [6.45, 7) is 14.3. The monoisotopic (exact) mass is 200 g/mol. The molecule has 0 aliphatic heterocycles. The average molecular weight is 200 g/mol. The van der Waals surface area contributed by atoms with Crippen LogP contribution in [0.15, 0.2) is 0 Å². The molecule has 0 atom stereocenters. The van der Waals surface area contributed by atoms with Gasteiger partial charge in [0, 0.05) is 8.80 Å². The van der Waals surface area contributed by atoms with Gasteiger partial charge in [-0.2, -0.15) is 0 Å². The number of hydrogen-bond acceptors (Lipinski definition) is 0. The smallest absolute Gasteiger partial charge is 0.0375 e. The Labute approximate surface area is 86.7 Å². The van der Waals surface area contributed by atoms with Gasteiger partial charge in [-0.15, -0.1) is 0 Å². The van der Waals surface area contributed by atoms with E-state index in [9.17, 15) is 0 Å². The van der Waals surface area contributed by atoms with Gasteiger partial charge in [0.25, 0.3) is 0 Å². The molecule has 0 spiro atoms. The van der Waals surface area contributed by atoms with Crippen LogP contribution in [0, 0.1) is 17.8 Å². The van der Waals surface area contributed by atoms with Gasteiger partial charge < -0.3 is 0 Å². The summed E-state index contributed by atoms with van der Waals surface area (Å²) in [6.07, 6.45) is 0. The van der Waals surface area contributed by atoms with Crippen LogP contribution in [-0.2, 0) is 0 Å². The molecule has 0 amide bonds. The zero-order valence-corrected chi connectivity index (χ0v) is 11.6. The van der Waals surface area contributed by atoms with Gasteiger partial charge in [-0.25, -0.2) is 0 Å². The molecular weight excluding hydrogens is 172 g/mol. The average Bonchev–Trinajstić information content (AvgIpc) is 1.80. The second kappa shape index (κ2) is 6.64. The van der Waals surface area contributed by atoms with Crippen molar-refractivity contribution in [1.82, 2.24) is 0 Å². The lowest BCUT2D eigenvalue weighted by Crippen LogP contribution is -2.19. The van der Waals surface area contributed by atoms with Crippen molar-refractivity contribution in [2.75, 3.05) is 0 Å². The summed E-state index contributed by atoms with van der Waals surface area (Å²) in [7, 11) is -0.407. The Bertz CT molecular complexity index is 92.5. The summed E-state index contributed by atoms with van der Waals surface area (Å²) in [5.41, 5.74) is 0. The van der Waals surface area contributed by atoms with Crippen LogP contribution >= 0.6 is 0 Å². The Morgan fingerprint density at radius 1 is 0.615 bits per heavy atom. The highest BCUT2D eigenvalue weighted by atomic mass is 28.3. The molecule has 1 heteroatoms. The topological polar surface area (TPSA) is 0 Å². The molecule has 0 aromatic rings. The van der Waals surface area contributed by atoms with Gasteiger partial charge in [0.05, 0.1) is 0 Å². The van der Waals surface area contributed by atoms with Crippen molar-refractivity contribution in [2.45, 2.75) is 59.7 Å². The van der Waals surface area contributed by atoms with Gasteiger partial charge in [0.2, 0.25) is 0 Å². The Kier molecular flexibility index (Phi) is 6.75. The van der Waals surface area contributed by atoms with E-state index < -0.39 is 8.80 Å². The van der Waals surface area contributed by atoms with Crippen molar-refractivity contribution >= 4 is 8.80 Å². The van der Waals surface area contributed by atoms with E-state index in [-0.39, 0.29) is 0 Å². The molecule has 0 fully saturated rings. The molecule has 0 bridgehead atoms. The minimum Gasteiger partial charge on any atom is -0.0631 e. The molecule has 0 unspecified atom stereocenters. The summed E-state index contributed by atoms with van der Waals surface area (Å²) in [6, 6.07) is 4.66. The lowest BCUT2D eigenvalue weighted by Gasteiger charge is -2.21. The van der Waals surface area contributed by atoms with Crippen molar-refractivity contribution in [3.8, 4) is 0 Å². The van der Waals surface area contributed by atoms with Crippen LogP contribution in [0.4, 0.5) is 0 Å². The third kappa shape index (κ3) is 8.54.